The standard InChI is InChI=1S/C10H7NO3/c11-6-3-1-5(2-4-6)7-8(12)10(14)9(7)13/h1-4,12H,11H2. The fourth-order valence-electron chi connectivity index (χ4n) is 1.30. The average molecular weight is 189 g/mol. The van der Waals surface area contributed by atoms with Crippen LogP contribution in [0, 0.1) is 0 Å². The molecule has 0 fully saturated rings. The van der Waals surface area contributed by atoms with Crippen LogP contribution in [0.25, 0.3) is 11.1 Å². The Hall–Kier alpha value is -2.10. The predicted octanol–water partition coefficient (Wildman–Crippen LogP) is 0.237. The van der Waals surface area contributed by atoms with Gasteiger partial charge in [0, 0.05) is 5.69 Å². The average Bonchev–Trinajstić information content (AvgIpc) is 2.21. The molecule has 2 aromatic carbocycles. The van der Waals surface area contributed by atoms with E-state index < -0.39 is 16.6 Å². The number of benzene rings is 1. The first-order valence-corrected chi connectivity index (χ1v) is 3.99. The van der Waals surface area contributed by atoms with E-state index in [-0.39, 0.29) is 5.56 Å². The number of hydrogen-bond acceptors (Lipinski definition) is 4. The van der Waals surface area contributed by atoms with Crippen LogP contribution in [0.1, 0.15) is 0 Å². The maximum Gasteiger partial charge on any atom is 0.268 e. The normalized spacial score (nSPS) is 10.6. The molecule has 0 saturated heterocycles. The molecule has 0 atom stereocenters. The molecule has 0 unspecified atom stereocenters. The molecule has 0 aliphatic heterocycles. The highest BCUT2D eigenvalue weighted by molar-refractivity contribution is 5.74. The Bertz CT molecular complexity index is 547. The van der Waals surface area contributed by atoms with Gasteiger partial charge in [-0.3, -0.25) is 9.59 Å². The van der Waals surface area contributed by atoms with Gasteiger partial charge in [0.05, 0.1) is 5.56 Å². The van der Waals surface area contributed by atoms with Crippen molar-refractivity contribution in [3.8, 4) is 16.9 Å². The van der Waals surface area contributed by atoms with Crippen LogP contribution >= 0.6 is 0 Å². The number of hydrogen-bond donors (Lipinski definition) is 2. The molecule has 0 amide bonds. The van der Waals surface area contributed by atoms with Crippen molar-refractivity contribution in [1.29, 1.82) is 0 Å². The molecule has 0 saturated carbocycles. The van der Waals surface area contributed by atoms with Crippen LogP contribution in [-0.2, 0) is 0 Å². The van der Waals surface area contributed by atoms with Crippen LogP contribution in [0.3, 0.4) is 0 Å². The Kier molecular flexibility index (Phi) is 1.64. The van der Waals surface area contributed by atoms with Gasteiger partial charge >= 0.3 is 0 Å². The Morgan fingerprint density at radius 1 is 1.00 bits per heavy atom. The molecule has 0 aliphatic carbocycles. The first kappa shape index (κ1) is 8.50. The van der Waals surface area contributed by atoms with Crippen molar-refractivity contribution < 1.29 is 5.11 Å². The summed E-state index contributed by atoms with van der Waals surface area (Å²) >= 11 is 0. The Morgan fingerprint density at radius 3 is 2.07 bits per heavy atom. The second-order valence-electron chi connectivity index (χ2n) is 3.00. The van der Waals surface area contributed by atoms with Crippen LogP contribution in [-0.4, -0.2) is 5.11 Å². The smallest absolute Gasteiger partial charge is 0.268 e. The molecule has 0 spiro atoms. The van der Waals surface area contributed by atoms with E-state index in [2.05, 4.69) is 0 Å². The SMILES string of the molecule is Nc1ccc(-c2c(O)c(=O)c2=O)cc1. The molecule has 0 aliphatic rings. The minimum absolute atomic E-state index is 0.0787. The van der Waals surface area contributed by atoms with Gasteiger partial charge in [0.15, 0.2) is 5.75 Å². The molecule has 70 valence electrons. The van der Waals surface area contributed by atoms with Crippen molar-refractivity contribution in [2.75, 3.05) is 5.73 Å². The van der Waals surface area contributed by atoms with Gasteiger partial charge in [-0.25, -0.2) is 0 Å². The Labute approximate surface area is 78.9 Å². The molecule has 0 heterocycles. The number of nitrogen functional groups attached to an aromatic ring is 1. The lowest BCUT2D eigenvalue weighted by Gasteiger charge is -2.05. The van der Waals surface area contributed by atoms with Crippen LogP contribution in [0.5, 0.6) is 5.75 Å². The first-order chi connectivity index (χ1) is 6.61. The third kappa shape index (κ3) is 1.01. The molecule has 2 aromatic rings. The molecular weight excluding hydrogens is 182 g/mol. The zero-order valence-corrected chi connectivity index (χ0v) is 7.15. The van der Waals surface area contributed by atoms with E-state index in [1.54, 1.807) is 24.3 Å². The molecular formula is C10H7NO3. The highest BCUT2D eigenvalue weighted by atomic mass is 16.3. The van der Waals surface area contributed by atoms with Crippen molar-refractivity contribution in [2.24, 2.45) is 0 Å². The van der Waals surface area contributed by atoms with Crippen molar-refractivity contribution in [2.45, 2.75) is 0 Å². The summed E-state index contributed by atoms with van der Waals surface area (Å²) in [7, 11) is 0. The number of rotatable bonds is 1. The van der Waals surface area contributed by atoms with E-state index in [0.29, 0.717) is 11.3 Å². The molecule has 2 rings (SSSR count). The third-order valence-electron chi connectivity index (χ3n) is 2.08. The minimum Gasteiger partial charge on any atom is -0.503 e. The second kappa shape index (κ2) is 2.70. The van der Waals surface area contributed by atoms with Gasteiger partial charge in [-0.2, -0.15) is 0 Å². The van der Waals surface area contributed by atoms with Crippen molar-refractivity contribution in [1.82, 2.24) is 0 Å². The van der Waals surface area contributed by atoms with Gasteiger partial charge < -0.3 is 10.8 Å². The van der Waals surface area contributed by atoms with E-state index in [9.17, 15) is 9.59 Å². The minimum atomic E-state index is -0.822. The van der Waals surface area contributed by atoms with Crippen LogP contribution in [0.4, 0.5) is 5.69 Å². The zero-order valence-electron chi connectivity index (χ0n) is 7.15. The topological polar surface area (TPSA) is 80.4 Å². The monoisotopic (exact) mass is 189 g/mol. The first-order valence-electron chi connectivity index (χ1n) is 3.99. The van der Waals surface area contributed by atoms with Crippen LogP contribution in [0.15, 0.2) is 33.9 Å². The summed E-state index contributed by atoms with van der Waals surface area (Å²) in [6, 6.07) is 6.38. The largest absolute Gasteiger partial charge is 0.503 e. The summed E-state index contributed by atoms with van der Waals surface area (Å²) in [5, 5.41) is 9.15. The van der Waals surface area contributed by atoms with Crippen molar-refractivity contribution in [3.63, 3.8) is 0 Å². The van der Waals surface area contributed by atoms with Gasteiger partial charge in [0.2, 0.25) is 5.43 Å². The molecule has 4 nitrogen and oxygen atoms in total. The lowest BCUT2D eigenvalue weighted by molar-refractivity contribution is 0.465. The lowest BCUT2D eigenvalue weighted by Crippen LogP contribution is -2.31. The van der Waals surface area contributed by atoms with Gasteiger partial charge in [0.25, 0.3) is 5.43 Å². The molecule has 4 heteroatoms. The maximum absolute atomic E-state index is 11.1. The highest BCUT2D eigenvalue weighted by Crippen LogP contribution is 2.24. The van der Waals surface area contributed by atoms with Gasteiger partial charge in [-0.1, -0.05) is 12.1 Å². The van der Waals surface area contributed by atoms with Crippen molar-refractivity contribution in [3.05, 3.63) is 44.7 Å². The Balaban J connectivity index is 2.58. The fourth-order valence-corrected chi connectivity index (χ4v) is 1.30. The summed E-state index contributed by atoms with van der Waals surface area (Å²) < 4.78 is 0. The zero-order chi connectivity index (χ0) is 10.3. The molecule has 3 N–H and O–H groups in total. The summed E-state index contributed by atoms with van der Waals surface area (Å²) in [6.45, 7) is 0. The van der Waals surface area contributed by atoms with Crippen LogP contribution < -0.4 is 16.6 Å². The predicted molar refractivity (Wildman–Crippen MR) is 52.9 cm³/mol. The highest BCUT2D eigenvalue weighted by Gasteiger charge is 2.20. The number of aromatic hydroxyl groups is 1. The molecule has 0 aromatic heterocycles. The molecule has 0 bridgehead atoms. The van der Waals surface area contributed by atoms with E-state index in [1.165, 1.54) is 0 Å². The van der Waals surface area contributed by atoms with E-state index in [1.807, 2.05) is 0 Å². The van der Waals surface area contributed by atoms with E-state index in [0.717, 1.165) is 0 Å². The van der Waals surface area contributed by atoms with E-state index >= 15 is 0 Å². The van der Waals surface area contributed by atoms with Gasteiger partial charge in [-0.05, 0) is 17.7 Å². The van der Waals surface area contributed by atoms with Crippen molar-refractivity contribution >= 4 is 5.69 Å². The van der Waals surface area contributed by atoms with Gasteiger partial charge in [0.1, 0.15) is 0 Å². The number of nitrogens with two attached hydrogens (primary N) is 1. The molecule has 0 radical (unpaired) electrons. The lowest BCUT2D eigenvalue weighted by atomic mass is 10.00. The van der Waals surface area contributed by atoms with Gasteiger partial charge in [-0.15, -0.1) is 0 Å². The molecule has 14 heavy (non-hydrogen) atoms. The maximum atomic E-state index is 11.1. The quantitative estimate of drug-likeness (QED) is 0.497. The Morgan fingerprint density at radius 2 is 1.57 bits per heavy atom. The summed E-state index contributed by atoms with van der Waals surface area (Å²) in [5.74, 6) is -0.459. The second-order valence-corrected chi connectivity index (χ2v) is 3.00. The van der Waals surface area contributed by atoms with Crippen LogP contribution in [0.2, 0.25) is 0 Å². The third-order valence-corrected chi connectivity index (χ3v) is 2.08. The summed E-state index contributed by atoms with van der Waals surface area (Å²) in [6.07, 6.45) is 0. The fraction of sp³-hybridized carbons (Fsp3) is 0. The number of anilines is 1. The van der Waals surface area contributed by atoms with E-state index in [4.69, 9.17) is 10.8 Å². The summed E-state index contributed by atoms with van der Waals surface area (Å²) in [5.41, 5.74) is 5.14. The summed E-state index contributed by atoms with van der Waals surface area (Å²) in [4.78, 5) is 21.8.